The van der Waals surface area contributed by atoms with Gasteiger partial charge in [-0.2, -0.15) is 4.37 Å². The van der Waals surface area contributed by atoms with E-state index < -0.39 is 17.7 Å². The highest BCUT2D eigenvalue weighted by Crippen LogP contribution is 2.09. The van der Waals surface area contributed by atoms with Gasteiger partial charge in [-0.25, -0.2) is 4.79 Å². The van der Waals surface area contributed by atoms with Gasteiger partial charge in [0.1, 0.15) is 11.3 Å². The summed E-state index contributed by atoms with van der Waals surface area (Å²) in [5.41, 5.74) is -0.200. The Morgan fingerprint density at radius 2 is 2.17 bits per heavy atom. The summed E-state index contributed by atoms with van der Waals surface area (Å²) >= 11 is 1.21. The van der Waals surface area contributed by atoms with E-state index in [0.29, 0.717) is 12.1 Å². The van der Waals surface area contributed by atoms with Gasteiger partial charge in [-0.3, -0.25) is 4.79 Å². The molecule has 0 fully saturated rings. The highest BCUT2D eigenvalue weighted by molar-refractivity contribution is 7.03. The molecule has 1 heterocycles. The Hall–Kier alpha value is -1.43. The van der Waals surface area contributed by atoms with Crippen LogP contribution in [0.5, 0.6) is 0 Å². The maximum atomic E-state index is 12.0. The minimum Gasteiger partial charge on any atom is -0.444 e. The first-order valence-corrected chi connectivity index (χ1v) is 6.61. The quantitative estimate of drug-likeness (QED) is 0.854. The first kappa shape index (κ1) is 14.6. The van der Waals surface area contributed by atoms with Crippen LogP contribution >= 0.6 is 11.5 Å². The molecule has 1 aromatic rings. The number of amides is 1. The van der Waals surface area contributed by atoms with Crippen LogP contribution in [0.3, 0.4) is 0 Å². The molecule has 0 aliphatic rings. The van der Waals surface area contributed by atoms with E-state index in [1.165, 1.54) is 11.5 Å². The van der Waals surface area contributed by atoms with Gasteiger partial charge in [0, 0.05) is 5.38 Å². The smallest absolute Gasteiger partial charge is 0.408 e. The fourth-order valence-corrected chi connectivity index (χ4v) is 1.84. The zero-order valence-electron chi connectivity index (χ0n) is 11.0. The number of ether oxygens (including phenoxy) is 1. The molecule has 0 saturated carbocycles. The van der Waals surface area contributed by atoms with Crippen molar-refractivity contribution in [2.75, 3.05) is 0 Å². The Kier molecular flexibility index (Phi) is 4.84. The third kappa shape index (κ3) is 4.44. The molecule has 0 saturated heterocycles. The molecule has 0 aliphatic carbocycles. The third-order valence-corrected chi connectivity index (χ3v) is 2.67. The highest BCUT2D eigenvalue weighted by Gasteiger charge is 2.24. The molecule has 6 heteroatoms. The molecule has 1 atom stereocenters. The summed E-state index contributed by atoms with van der Waals surface area (Å²) in [6, 6.07) is 1.05. The number of alkyl carbamates (subject to hydrolysis) is 1. The number of Topliss-reactive ketones (excluding diaryl/α,β-unsaturated/α-hetero) is 1. The lowest BCUT2D eigenvalue weighted by Crippen LogP contribution is -2.43. The molecule has 0 spiro atoms. The minimum absolute atomic E-state index is 0.190. The summed E-state index contributed by atoms with van der Waals surface area (Å²) in [6.45, 7) is 7.15. The number of carbonyl (C=O) groups excluding carboxylic acids is 2. The second kappa shape index (κ2) is 5.95. The third-order valence-electron chi connectivity index (χ3n) is 2.11. The normalized spacial score (nSPS) is 12.9. The number of hydrogen-bond acceptors (Lipinski definition) is 5. The van der Waals surface area contributed by atoms with Crippen molar-refractivity contribution in [1.82, 2.24) is 9.69 Å². The molecular weight excluding hydrogens is 252 g/mol. The van der Waals surface area contributed by atoms with Gasteiger partial charge in [0.25, 0.3) is 0 Å². The highest BCUT2D eigenvalue weighted by atomic mass is 32.1. The average molecular weight is 270 g/mol. The maximum absolute atomic E-state index is 12.0. The van der Waals surface area contributed by atoms with Gasteiger partial charge < -0.3 is 10.1 Å². The summed E-state index contributed by atoms with van der Waals surface area (Å²) in [5.74, 6) is -0.190. The van der Waals surface area contributed by atoms with Gasteiger partial charge in [0.15, 0.2) is 0 Å². The standard InChI is InChI=1S/C12H18N2O3S/c1-5-8(10(15)9-6-7-18-14-9)13-11(16)17-12(2,3)4/h6-8H,5H2,1-4H3,(H,13,16). The van der Waals surface area contributed by atoms with Crippen molar-refractivity contribution in [2.45, 2.75) is 45.8 Å². The molecule has 1 unspecified atom stereocenters. The fourth-order valence-electron chi connectivity index (χ4n) is 1.32. The topological polar surface area (TPSA) is 68.3 Å². The van der Waals surface area contributed by atoms with Crippen LogP contribution in [0.1, 0.15) is 44.6 Å². The van der Waals surface area contributed by atoms with Gasteiger partial charge in [0.2, 0.25) is 5.78 Å². The molecule has 0 bridgehead atoms. The number of ketones is 1. The number of carbonyl (C=O) groups is 2. The second-order valence-corrected chi connectivity index (χ2v) is 5.52. The first-order valence-electron chi connectivity index (χ1n) is 5.77. The van der Waals surface area contributed by atoms with Gasteiger partial charge in [-0.05, 0) is 44.8 Å². The SMILES string of the molecule is CCC(NC(=O)OC(C)(C)C)C(=O)c1ccsn1. The van der Waals surface area contributed by atoms with E-state index in [4.69, 9.17) is 4.74 Å². The Bertz CT molecular complexity index is 409. The van der Waals surface area contributed by atoms with E-state index in [1.807, 2.05) is 6.92 Å². The summed E-state index contributed by atoms with van der Waals surface area (Å²) < 4.78 is 9.08. The van der Waals surface area contributed by atoms with Crippen molar-refractivity contribution >= 4 is 23.4 Å². The molecule has 1 N–H and O–H groups in total. The van der Waals surface area contributed by atoms with Gasteiger partial charge in [0.05, 0.1) is 6.04 Å². The van der Waals surface area contributed by atoms with Gasteiger partial charge >= 0.3 is 6.09 Å². The minimum atomic E-state index is -0.595. The monoisotopic (exact) mass is 270 g/mol. The summed E-state index contributed by atoms with van der Waals surface area (Å²) in [5, 5.41) is 4.29. The maximum Gasteiger partial charge on any atom is 0.408 e. The summed E-state index contributed by atoms with van der Waals surface area (Å²) in [6.07, 6.45) is -0.0896. The van der Waals surface area contributed by atoms with Crippen molar-refractivity contribution in [1.29, 1.82) is 0 Å². The number of hydrogen-bond donors (Lipinski definition) is 1. The van der Waals surface area contributed by atoms with Crippen LogP contribution in [0.2, 0.25) is 0 Å². The van der Waals surface area contributed by atoms with Gasteiger partial charge in [-0.1, -0.05) is 6.92 Å². The van der Waals surface area contributed by atoms with Crippen molar-refractivity contribution in [3.8, 4) is 0 Å². The van der Waals surface area contributed by atoms with Crippen LogP contribution in [-0.2, 0) is 4.74 Å². The number of aromatic nitrogens is 1. The number of nitrogens with zero attached hydrogens (tertiary/aromatic N) is 1. The first-order chi connectivity index (χ1) is 8.33. The van der Waals surface area contributed by atoms with Crippen molar-refractivity contribution in [2.24, 2.45) is 0 Å². The Morgan fingerprint density at radius 1 is 1.50 bits per heavy atom. The lowest BCUT2D eigenvalue weighted by molar-refractivity contribution is 0.0490. The van der Waals surface area contributed by atoms with E-state index in [-0.39, 0.29) is 5.78 Å². The van der Waals surface area contributed by atoms with E-state index in [9.17, 15) is 9.59 Å². The molecule has 1 amide bonds. The van der Waals surface area contributed by atoms with Crippen LogP contribution in [0.4, 0.5) is 4.79 Å². The Labute approximate surface area is 111 Å². The van der Waals surface area contributed by atoms with Crippen molar-refractivity contribution in [3.63, 3.8) is 0 Å². The Morgan fingerprint density at radius 3 is 2.61 bits per heavy atom. The summed E-state index contributed by atoms with van der Waals surface area (Å²) in [7, 11) is 0. The van der Waals surface area contributed by atoms with Crippen LogP contribution in [0, 0.1) is 0 Å². The predicted octanol–water partition coefficient (Wildman–Crippen LogP) is 2.63. The lowest BCUT2D eigenvalue weighted by atomic mass is 10.1. The van der Waals surface area contributed by atoms with Crippen LogP contribution in [0.25, 0.3) is 0 Å². The number of nitrogens with one attached hydrogen (secondary N) is 1. The summed E-state index contributed by atoms with van der Waals surface area (Å²) in [4.78, 5) is 23.6. The second-order valence-electron chi connectivity index (χ2n) is 4.86. The predicted molar refractivity (Wildman–Crippen MR) is 69.9 cm³/mol. The molecule has 0 aliphatic heterocycles. The largest absolute Gasteiger partial charge is 0.444 e. The molecule has 18 heavy (non-hydrogen) atoms. The van der Waals surface area contributed by atoms with E-state index in [2.05, 4.69) is 9.69 Å². The molecular formula is C12H18N2O3S. The lowest BCUT2D eigenvalue weighted by Gasteiger charge is -2.22. The fraction of sp³-hybridized carbons (Fsp3) is 0.583. The van der Waals surface area contributed by atoms with Crippen molar-refractivity contribution < 1.29 is 14.3 Å². The Balaban J connectivity index is 2.63. The molecule has 0 aromatic carbocycles. The van der Waals surface area contributed by atoms with Crippen LogP contribution in [0.15, 0.2) is 11.4 Å². The number of rotatable bonds is 4. The molecule has 0 radical (unpaired) electrons. The zero-order valence-corrected chi connectivity index (χ0v) is 11.8. The molecule has 1 rings (SSSR count). The molecule has 100 valence electrons. The van der Waals surface area contributed by atoms with E-state index in [1.54, 1.807) is 32.2 Å². The molecule has 1 aromatic heterocycles. The molecule has 5 nitrogen and oxygen atoms in total. The van der Waals surface area contributed by atoms with Crippen molar-refractivity contribution in [3.05, 3.63) is 17.1 Å². The zero-order chi connectivity index (χ0) is 13.8. The van der Waals surface area contributed by atoms with Crippen LogP contribution < -0.4 is 5.32 Å². The van der Waals surface area contributed by atoms with Crippen LogP contribution in [-0.4, -0.2) is 27.9 Å². The average Bonchev–Trinajstić information content (AvgIpc) is 2.75. The van der Waals surface area contributed by atoms with E-state index in [0.717, 1.165) is 0 Å². The van der Waals surface area contributed by atoms with Gasteiger partial charge in [-0.15, -0.1) is 0 Å². The van der Waals surface area contributed by atoms with E-state index >= 15 is 0 Å².